The van der Waals surface area contributed by atoms with Crippen molar-refractivity contribution in [2.45, 2.75) is 18.3 Å². The van der Waals surface area contributed by atoms with Gasteiger partial charge in [0, 0.05) is 25.3 Å². The van der Waals surface area contributed by atoms with Gasteiger partial charge in [0.1, 0.15) is 0 Å². The number of β-amino-alcohol motifs (C(OH)–C–C–N with tert-alkyl or cyclic N) is 1. The molecule has 1 unspecified atom stereocenters. The third-order valence-electron chi connectivity index (χ3n) is 5.88. The fourth-order valence-corrected chi connectivity index (χ4v) is 4.44. The topological polar surface area (TPSA) is 70.1 Å². The Labute approximate surface area is 168 Å². The second-order valence-electron chi connectivity index (χ2n) is 7.49. The van der Waals surface area contributed by atoms with Crippen molar-refractivity contribution in [1.29, 1.82) is 0 Å². The Bertz CT molecular complexity index is 964. The molecule has 1 fully saturated rings. The summed E-state index contributed by atoms with van der Waals surface area (Å²) in [6.07, 6.45) is 0.598. The second kappa shape index (κ2) is 7.48. The molecule has 2 aromatic rings. The number of carbonyl (C=O) groups excluding carboxylic acids is 2. The van der Waals surface area contributed by atoms with Crippen molar-refractivity contribution in [1.82, 2.24) is 4.90 Å². The number of halogens is 1. The van der Waals surface area contributed by atoms with Crippen molar-refractivity contribution in [3.63, 3.8) is 0 Å². The Hall–Kier alpha value is -2.93. The van der Waals surface area contributed by atoms with Crippen molar-refractivity contribution in [3.8, 4) is 5.75 Å². The largest absolute Gasteiger partial charge is 0.494 e. The number of hydrogen-bond donors (Lipinski definition) is 1. The van der Waals surface area contributed by atoms with E-state index >= 15 is 0 Å². The van der Waals surface area contributed by atoms with Crippen molar-refractivity contribution < 1.29 is 23.8 Å². The summed E-state index contributed by atoms with van der Waals surface area (Å²) in [4.78, 5) is 29.4. The van der Waals surface area contributed by atoms with Gasteiger partial charge in [-0.1, -0.05) is 24.3 Å². The lowest BCUT2D eigenvalue weighted by Crippen LogP contribution is -2.44. The van der Waals surface area contributed by atoms with E-state index in [9.17, 15) is 19.1 Å². The number of nitrogens with zero attached hydrogens (tertiary/aromatic N) is 2. The monoisotopic (exact) mass is 398 g/mol. The molecule has 0 aliphatic carbocycles. The van der Waals surface area contributed by atoms with Crippen LogP contribution in [0.1, 0.15) is 17.5 Å². The van der Waals surface area contributed by atoms with Crippen LogP contribution in [0.5, 0.6) is 5.75 Å². The highest BCUT2D eigenvalue weighted by Crippen LogP contribution is 2.47. The zero-order valence-electron chi connectivity index (χ0n) is 16.2. The van der Waals surface area contributed by atoms with Gasteiger partial charge >= 0.3 is 0 Å². The predicted octanol–water partition coefficient (Wildman–Crippen LogP) is 1.89. The van der Waals surface area contributed by atoms with E-state index in [1.54, 1.807) is 15.9 Å². The number of hydrogen-bond acceptors (Lipinski definition) is 4. The highest BCUT2D eigenvalue weighted by atomic mass is 19.1. The summed E-state index contributed by atoms with van der Waals surface area (Å²) in [5.41, 5.74) is 1.50. The number of ether oxygens (including phenoxy) is 1. The molecule has 6 nitrogen and oxygen atoms in total. The predicted molar refractivity (Wildman–Crippen MR) is 105 cm³/mol. The number of likely N-dealkylation sites (tertiary alicyclic amines) is 1. The summed E-state index contributed by atoms with van der Waals surface area (Å²) >= 11 is 0. The van der Waals surface area contributed by atoms with Crippen LogP contribution in [0.3, 0.4) is 0 Å². The van der Waals surface area contributed by atoms with E-state index in [1.807, 2.05) is 24.3 Å². The number of aliphatic hydroxyl groups is 1. The summed E-state index contributed by atoms with van der Waals surface area (Å²) in [6, 6.07) is 12.0. The van der Waals surface area contributed by atoms with Crippen molar-refractivity contribution >= 4 is 17.5 Å². The number of para-hydroxylation sites is 1. The number of rotatable bonds is 5. The molecule has 1 atom stereocenters. The zero-order chi connectivity index (χ0) is 20.6. The maximum Gasteiger partial charge on any atom is 0.239 e. The van der Waals surface area contributed by atoms with E-state index in [2.05, 4.69) is 0 Å². The third kappa shape index (κ3) is 3.15. The van der Waals surface area contributed by atoms with Crippen LogP contribution in [0.25, 0.3) is 0 Å². The summed E-state index contributed by atoms with van der Waals surface area (Å²) in [7, 11) is 1.39. The number of aliphatic hydroxyl groups excluding tert-OH is 1. The van der Waals surface area contributed by atoms with Gasteiger partial charge in [-0.3, -0.25) is 9.59 Å². The van der Waals surface area contributed by atoms with Crippen LogP contribution in [-0.2, 0) is 21.4 Å². The van der Waals surface area contributed by atoms with E-state index in [4.69, 9.17) is 4.74 Å². The van der Waals surface area contributed by atoms with Crippen LogP contribution < -0.4 is 9.64 Å². The molecule has 1 N–H and O–H groups in total. The normalized spacial score (nSPS) is 20.4. The highest BCUT2D eigenvalue weighted by Gasteiger charge is 2.54. The molecule has 2 heterocycles. The fraction of sp³-hybridized carbons (Fsp3) is 0.364. The number of carbonyl (C=O) groups is 2. The van der Waals surface area contributed by atoms with Gasteiger partial charge in [-0.15, -0.1) is 0 Å². The average molecular weight is 398 g/mol. The number of anilines is 1. The SMILES string of the molecule is COc1ccc(CC(=O)N2CCC3(C2)C(=O)N(CCO)c2ccccc23)cc1F. The fourth-order valence-electron chi connectivity index (χ4n) is 4.44. The van der Waals surface area contributed by atoms with E-state index in [1.165, 1.54) is 19.2 Å². The summed E-state index contributed by atoms with van der Waals surface area (Å²) in [5.74, 6) is -0.579. The molecule has 7 heteroatoms. The summed E-state index contributed by atoms with van der Waals surface area (Å²) < 4.78 is 18.8. The minimum atomic E-state index is -0.771. The van der Waals surface area contributed by atoms with E-state index in [0.29, 0.717) is 25.1 Å². The maximum absolute atomic E-state index is 13.9. The van der Waals surface area contributed by atoms with Crippen LogP contribution in [0.15, 0.2) is 42.5 Å². The molecule has 152 valence electrons. The minimum Gasteiger partial charge on any atom is -0.494 e. The number of methoxy groups -OCH3 is 1. The second-order valence-corrected chi connectivity index (χ2v) is 7.49. The van der Waals surface area contributed by atoms with Crippen molar-refractivity contribution in [2.24, 2.45) is 0 Å². The van der Waals surface area contributed by atoms with Crippen LogP contribution in [0, 0.1) is 5.82 Å². The third-order valence-corrected chi connectivity index (χ3v) is 5.88. The van der Waals surface area contributed by atoms with Gasteiger partial charge in [-0.05, 0) is 35.7 Å². The standard InChI is InChI=1S/C22H23FN2O4/c1-29-19-7-6-15(12-17(19)23)13-20(27)24-9-8-22(14-24)16-4-2-3-5-18(16)25(10-11-26)21(22)28/h2-7,12,26H,8-11,13-14H2,1H3. The Kier molecular flexibility index (Phi) is 5.00. The number of fused-ring (bicyclic) bond motifs is 2. The molecular weight excluding hydrogens is 375 g/mol. The Balaban J connectivity index is 1.54. The highest BCUT2D eigenvalue weighted by molar-refractivity contribution is 6.09. The van der Waals surface area contributed by atoms with Crippen LogP contribution in [0.4, 0.5) is 10.1 Å². The van der Waals surface area contributed by atoms with Crippen LogP contribution >= 0.6 is 0 Å². The Morgan fingerprint density at radius 2 is 2.07 bits per heavy atom. The van der Waals surface area contributed by atoms with Crippen LogP contribution in [0.2, 0.25) is 0 Å². The van der Waals surface area contributed by atoms with Crippen molar-refractivity contribution in [3.05, 3.63) is 59.4 Å². The molecule has 1 spiro atoms. The molecule has 29 heavy (non-hydrogen) atoms. The van der Waals surface area contributed by atoms with Gasteiger partial charge in [0.05, 0.1) is 25.6 Å². The van der Waals surface area contributed by atoms with E-state index in [0.717, 1.165) is 11.3 Å². The molecule has 0 aromatic heterocycles. The van der Waals surface area contributed by atoms with Crippen LogP contribution in [-0.4, -0.2) is 55.2 Å². The summed E-state index contributed by atoms with van der Waals surface area (Å²) in [6.45, 7) is 0.866. The summed E-state index contributed by atoms with van der Waals surface area (Å²) in [5, 5.41) is 9.37. The molecule has 2 amide bonds. The average Bonchev–Trinajstić information content (AvgIpc) is 3.26. The molecule has 0 radical (unpaired) electrons. The number of amides is 2. The van der Waals surface area contributed by atoms with Gasteiger partial charge in [0.25, 0.3) is 0 Å². The molecule has 2 aliphatic rings. The Morgan fingerprint density at radius 3 is 2.79 bits per heavy atom. The maximum atomic E-state index is 13.9. The first-order valence-electron chi connectivity index (χ1n) is 9.62. The molecule has 1 saturated heterocycles. The zero-order valence-corrected chi connectivity index (χ0v) is 16.2. The molecule has 4 rings (SSSR count). The van der Waals surface area contributed by atoms with Gasteiger partial charge in [0.2, 0.25) is 11.8 Å². The quantitative estimate of drug-likeness (QED) is 0.835. The molecule has 0 bridgehead atoms. The van der Waals surface area contributed by atoms with Gasteiger partial charge in [-0.2, -0.15) is 0 Å². The molecule has 2 aromatic carbocycles. The lowest BCUT2D eigenvalue weighted by molar-refractivity contribution is -0.130. The van der Waals surface area contributed by atoms with Crippen molar-refractivity contribution in [2.75, 3.05) is 38.3 Å². The lowest BCUT2D eigenvalue weighted by Gasteiger charge is -2.24. The molecule has 2 aliphatic heterocycles. The van der Waals surface area contributed by atoms with Gasteiger partial charge in [0.15, 0.2) is 11.6 Å². The first kappa shape index (κ1) is 19.4. The Morgan fingerprint density at radius 1 is 1.28 bits per heavy atom. The molecular formula is C22H23FN2O4. The molecule has 0 saturated carbocycles. The lowest BCUT2D eigenvalue weighted by atomic mass is 9.81. The van der Waals surface area contributed by atoms with Gasteiger partial charge in [-0.25, -0.2) is 4.39 Å². The first-order chi connectivity index (χ1) is 14.0. The minimum absolute atomic E-state index is 0.0627. The first-order valence-corrected chi connectivity index (χ1v) is 9.62. The van der Waals surface area contributed by atoms with E-state index in [-0.39, 0.29) is 37.1 Å². The van der Waals surface area contributed by atoms with Gasteiger partial charge < -0.3 is 19.6 Å². The van der Waals surface area contributed by atoms with E-state index < -0.39 is 11.2 Å². The number of benzene rings is 2. The smallest absolute Gasteiger partial charge is 0.239 e.